The number of carbonyl (C=O) groups is 3. The first-order valence-corrected chi connectivity index (χ1v) is 14.5. The van der Waals surface area contributed by atoms with E-state index in [1.54, 1.807) is 4.90 Å². The standard InChI is InChI=1S/C33H39N5O3/c1-23-9-7-16-28(19-23)36-33(41)38-18-17-37(31(38)30(39)35-22-25-11-8-10-24(20-25)21-34)32(40)29(27-14-5-6-15-27)26-12-3-2-4-13-26/h2-4,7-13,16,19-20,27,29,31H,5-6,14-15,17-18,21-22,34H2,1H3,(H,35,39)(H,36,41). The molecule has 0 radical (unpaired) electrons. The van der Waals surface area contributed by atoms with Crippen LogP contribution >= 0.6 is 0 Å². The van der Waals surface area contributed by atoms with Crippen molar-refractivity contribution >= 4 is 23.5 Å². The zero-order chi connectivity index (χ0) is 28.8. The minimum atomic E-state index is -1.06. The first-order valence-electron chi connectivity index (χ1n) is 14.5. The summed E-state index contributed by atoms with van der Waals surface area (Å²) in [5.74, 6) is -0.622. The maximum atomic E-state index is 14.4. The summed E-state index contributed by atoms with van der Waals surface area (Å²) in [6, 6.07) is 24.7. The molecule has 5 rings (SSSR count). The van der Waals surface area contributed by atoms with E-state index in [0.29, 0.717) is 12.2 Å². The van der Waals surface area contributed by atoms with E-state index in [1.807, 2.05) is 85.8 Å². The molecule has 2 fully saturated rings. The number of benzene rings is 3. The lowest BCUT2D eigenvalue weighted by molar-refractivity contribution is -0.143. The summed E-state index contributed by atoms with van der Waals surface area (Å²) in [6.07, 6.45) is 3.09. The second kappa shape index (κ2) is 13.0. The molecule has 4 amide bonds. The van der Waals surface area contributed by atoms with Gasteiger partial charge >= 0.3 is 6.03 Å². The van der Waals surface area contributed by atoms with E-state index < -0.39 is 12.2 Å². The van der Waals surface area contributed by atoms with Gasteiger partial charge in [0.2, 0.25) is 5.91 Å². The van der Waals surface area contributed by atoms with Gasteiger partial charge in [-0.3, -0.25) is 14.5 Å². The SMILES string of the molecule is Cc1cccc(NC(=O)N2CCN(C(=O)C(c3ccccc3)C3CCCC3)C2C(=O)NCc2cccc(CN)c2)c1. The van der Waals surface area contributed by atoms with Crippen LogP contribution in [0.25, 0.3) is 0 Å². The molecule has 1 heterocycles. The highest BCUT2D eigenvalue weighted by Crippen LogP contribution is 2.39. The van der Waals surface area contributed by atoms with Crippen LogP contribution in [0.2, 0.25) is 0 Å². The molecule has 1 aliphatic heterocycles. The fraction of sp³-hybridized carbons (Fsp3) is 0.364. The fourth-order valence-electron chi connectivity index (χ4n) is 6.17. The highest BCUT2D eigenvalue weighted by molar-refractivity contribution is 5.97. The summed E-state index contributed by atoms with van der Waals surface area (Å²) >= 11 is 0. The van der Waals surface area contributed by atoms with Crippen molar-refractivity contribution < 1.29 is 14.4 Å². The lowest BCUT2D eigenvalue weighted by Gasteiger charge is -2.33. The first kappa shape index (κ1) is 28.4. The maximum absolute atomic E-state index is 14.4. The predicted molar refractivity (Wildman–Crippen MR) is 160 cm³/mol. The molecule has 3 aromatic rings. The van der Waals surface area contributed by atoms with E-state index in [-0.39, 0.29) is 43.3 Å². The number of aryl methyl sites for hydroxylation is 1. The Morgan fingerprint density at radius 1 is 0.878 bits per heavy atom. The van der Waals surface area contributed by atoms with Crippen molar-refractivity contribution in [1.82, 2.24) is 15.1 Å². The van der Waals surface area contributed by atoms with E-state index in [2.05, 4.69) is 10.6 Å². The van der Waals surface area contributed by atoms with Crippen molar-refractivity contribution in [2.24, 2.45) is 11.7 Å². The predicted octanol–water partition coefficient (Wildman–Crippen LogP) is 4.75. The molecule has 3 aromatic carbocycles. The van der Waals surface area contributed by atoms with Crippen LogP contribution in [0, 0.1) is 12.8 Å². The summed E-state index contributed by atoms with van der Waals surface area (Å²) < 4.78 is 0. The van der Waals surface area contributed by atoms with Gasteiger partial charge in [0, 0.05) is 31.9 Å². The topological polar surface area (TPSA) is 108 Å². The highest BCUT2D eigenvalue weighted by Gasteiger charge is 2.46. The molecule has 4 N–H and O–H groups in total. The van der Waals surface area contributed by atoms with Gasteiger partial charge in [0.1, 0.15) is 0 Å². The maximum Gasteiger partial charge on any atom is 0.323 e. The Morgan fingerprint density at radius 3 is 2.32 bits per heavy atom. The molecule has 8 nitrogen and oxygen atoms in total. The monoisotopic (exact) mass is 553 g/mol. The molecule has 1 aliphatic carbocycles. The average Bonchev–Trinajstić information content (AvgIpc) is 3.68. The van der Waals surface area contributed by atoms with Crippen LogP contribution in [0.5, 0.6) is 0 Å². The van der Waals surface area contributed by atoms with Gasteiger partial charge in [0.05, 0.1) is 5.92 Å². The number of nitrogens with two attached hydrogens (primary N) is 1. The number of rotatable bonds is 8. The molecule has 0 bridgehead atoms. The normalized spacial score (nSPS) is 17.9. The average molecular weight is 554 g/mol. The lowest BCUT2D eigenvalue weighted by atomic mass is 9.83. The summed E-state index contributed by atoms with van der Waals surface area (Å²) in [6.45, 7) is 3.17. The largest absolute Gasteiger partial charge is 0.349 e. The van der Waals surface area contributed by atoms with Gasteiger partial charge in [0.25, 0.3) is 5.91 Å². The molecular weight excluding hydrogens is 514 g/mol. The van der Waals surface area contributed by atoms with E-state index in [4.69, 9.17) is 5.73 Å². The molecule has 8 heteroatoms. The third-order valence-electron chi connectivity index (χ3n) is 8.21. The Balaban J connectivity index is 1.42. The molecular formula is C33H39N5O3. The molecule has 41 heavy (non-hydrogen) atoms. The van der Waals surface area contributed by atoms with Gasteiger partial charge in [-0.1, -0.05) is 79.6 Å². The van der Waals surface area contributed by atoms with Crippen molar-refractivity contribution in [3.05, 3.63) is 101 Å². The van der Waals surface area contributed by atoms with Crippen LogP contribution in [-0.4, -0.2) is 46.9 Å². The highest BCUT2D eigenvalue weighted by atomic mass is 16.2. The lowest BCUT2D eigenvalue weighted by Crippen LogP contribution is -2.55. The number of carbonyl (C=O) groups excluding carboxylic acids is 3. The Morgan fingerprint density at radius 2 is 1.59 bits per heavy atom. The molecule has 2 unspecified atom stereocenters. The quantitative estimate of drug-likeness (QED) is 0.374. The second-order valence-electron chi connectivity index (χ2n) is 11.1. The summed E-state index contributed by atoms with van der Waals surface area (Å²) in [4.78, 5) is 44.8. The molecule has 214 valence electrons. The summed E-state index contributed by atoms with van der Waals surface area (Å²) in [7, 11) is 0. The Kier molecular flexibility index (Phi) is 8.99. The van der Waals surface area contributed by atoms with Crippen LogP contribution in [0.1, 0.15) is 53.9 Å². The smallest absolute Gasteiger partial charge is 0.323 e. The van der Waals surface area contributed by atoms with E-state index in [0.717, 1.165) is 47.9 Å². The molecule has 1 saturated carbocycles. The van der Waals surface area contributed by atoms with Crippen molar-refractivity contribution in [1.29, 1.82) is 0 Å². The van der Waals surface area contributed by atoms with Gasteiger partial charge in [-0.25, -0.2) is 4.79 Å². The van der Waals surface area contributed by atoms with E-state index >= 15 is 0 Å². The summed E-state index contributed by atoms with van der Waals surface area (Å²) in [5.41, 5.74) is 10.3. The Hall–Kier alpha value is -4.17. The van der Waals surface area contributed by atoms with Crippen LogP contribution in [-0.2, 0) is 22.7 Å². The third kappa shape index (κ3) is 6.60. The third-order valence-corrected chi connectivity index (χ3v) is 8.21. The number of hydrogen-bond acceptors (Lipinski definition) is 4. The van der Waals surface area contributed by atoms with Crippen molar-refractivity contribution in [3.8, 4) is 0 Å². The number of anilines is 1. The van der Waals surface area contributed by atoms with Crippen molar-refractivity contribution in [3.63, 3.8) is 0 Å². The first-order chi connectivity index (χ1) is 19.9. The van der Waals surface area contributed by atoms with Crippen LogP contribution in [0.4, 0.5) is 10.5 Å². The van der Waals surface area contributed by atoms with E-state index in [1.165, 1.54) is 4.90 Å². The molecule has 2 aliphatic rings. The zero-order valence-corrected chi connectivity index (χ0v) is 23.6. The molecule has 0 aromatic heterocycles. The zero-order valence-electron chi connectivity index (χ0n) is 23.6. The van der Waals surface area contributed by atoms with Crippen LogP contribution in [0.3, 0.4) is 0 Å². The van der Waals surface area contributed by atoms with Gasteiger partial charge in [-0.2, -0.15) is 0 Å². The van der Waals surface area contributed by atoms with Crippen molar-refractivity contribution in [2.75, 3.05) is 18.4 Å². The number of urea groups is 1. The van der Waals surface area contributed by atoms with Gasteiger partial charge in [0.15, 0.2) is 6.17 Å². The molecule has 1 saturated heterocycles. The number of amides is 4. The second-order valence-corrected chi connectivity index (χ2v) is 11.1. The molecule has 0 spiro atoms. The van der Waals surface area contributed by atoms with Crippen LogP contribution < -0.4 is 16.4 Å². The summed E-state index contributed by atoms with van der Waals surface area (Å²) in [5, 5.41) is 5.92. The Labute approximate surface area is 241 Å². The van der Waals surface area contributed by atoms with Gasteiger partial charge in [-0.05, 0) is 60.1 Å². The Bertz CT molecular complexity index is 1370. The minimum absolute atomic E-state index is 0.0979. The van der Waals surface area contributed by atoms with E-state index in [9.17, 15) is 14.4 Å². The number of hydrogen-bond donors (Lipinski definition) is 3. The van der Waals surface area contributed by atoms with Crippen molar-refractivity contribution in [2.45, 2.75) is 57.8 Å². The minimum Gasteiger partial charge on any atom is -0.349 e. The molecule has 2 atom stereocenters. The van der Waals surface area contributed by atoms with Gasteiger partial charge in [-0.15, -0.1) is 0 Å². The van der Waals surface area contributed by atoms with Gasteiger partial charge < -0.3 is 21.3 Å². The van der Waals surface area contributed by atoms with Crippen LogP contribution in [0.15, 0.2) is 78.9 Å². The number of nitrogens with zero attached hydrogens (tertiary/aromatic N) is 2. The number of nitrogens with one attached hydrogen (secondary N) is 2. The fourth-order valence-corrected chi connectivity index (χ4v) is 6.17.